The summed E-state index contributed by atoms with van der Waals surface area (Å²) in [5.74, 6) is -0.628. The molecule has 2 aromatic rings. The van der Waals surface area contributed by atoms with Crippen LogP contribution in [-0.2, 0) is 4.84 Å². The second kappa shape index (κ2) is 8.20. The van der Waals surface area contributed by atoms with E-state index in [2.05, 4.69) is 11.2 Å². The van der Waals surface area contributed by atoms with Gasteiger partial charge in [0, 0.05) is 12.1 Å². The minimum atomic E-state index is -0.628. The first-order valence-corrected chi connectivity index (χ1v) is 8.42. The topological polar surface area (TPSA) is 81.8 Å². The van der Waals surface area contributed by atoms with Crippen LogP contribution in [-0.4, -0.2) is 16.6 Å². The van der Waals surface area contributed by atoms with Crippen LogP contribution >= 0.6 is 0 Å². The van der Waals surface area contributed by atoms with Gasteiger partial charge in [-0.3, -0.25) is 10.1 Å². The average molecular weight is 350 g/mol. The van der Waals surface area contributed by atoms with Gasteiger partial charge in [-0.15, -0.1) is 0 Å². The lowest BCUT2D eigenvalue weighted by Crippen LogP contribution is -2.11. The Labute approximate surface area is 150 Å². The van der Waals surface area contributed by atoms with Crippen molar-refractivity contribution in [2.24, 2.45) is 5.16 Å². The molecule has 0 bridgehead atoms. The second-order valence-corrected chi connectivity index (χ2v) is 6.01. The van der Waals surface area contributed by atoms with Gasteiger partial charge in [0.15, 0.2) is 0 Å². The zero-order valence-electron chi connectivity index (χ0n) is 14.1. The molecule has 0 aromatic heterocycles. The van der Waals surface area contributed by atoms with Crippen molar-refractivity contribution in [2.75, 3.05) is 0 Å². The Morgan fingerprint density at radius 2 is 1.73 bits per heavy atom. The van der Waals surface area contributed by atoms with Crippen LogP contribution in [0.2, 0.25) is 0 Å². The summed E-state index contributed by atoms with van der Waals surface area (Å²) in [5, 5.41) is 14.7. The van der Waals surface area contributed by atoms with E-state index < -0.39 is 10.9 Å². The van der Waals surface area contributed by atoms with E-state index in [9.17, 15) is 14.9 Å². The minimum Gasteiger partial charge on any atom is -0.313 e. The molecule has 0 spiro atoms. The quantitative estimate of drug-likeness (QED) is 0.452. The fraction of sp³-hybridized carbons (Fsp3) is 0.200. The maximum Gasteiger partial charge on any atom is 0.365 e. The van der Waals surface area contributed by atoms with E-state index >= 15 is 0 Å². The van der Waals surface area contributed by atoms with Crippen LogP contribution in [0, 0.1) is 10.1 Å². The number of non-ortho nitro benzene ring substituents is 1. The third-order valence-corrected chi connectivity index (χ3v) is 4.17. The van der Waals surface area contributed by atoms with E-state index in [-0.39, 0.29) is 11.3 Å². The fourth-order valence-corrected chi connectivity index (χ4v) is 2.79. The number of hydrogen-bond donors (Lipinski definition) is 0. The Hall–Kier alpha value is -3.28. The van der Waals surface area contributed by atoms with Gasteiger partial charge in [0.2, 0.25) is 0 Å². The first kappa shape index (κ1) is 17.5. The number of benzene rings is 2. The maximum atomic E-state index is 12.1. The molecule has 132 valence electrons. The van der Waals surface area contributed by atoms with Crippen molar-refractivity contribution in [1.82, 2.24) is 0 Å². The van der Waals surface area contributed by atoms with Gasteiger partial charge in [-0.05, 0) is 55.0 Å². The lowest BCUT2D eigenvalue weighted by Gasteiger charge is -2.16. The van der Waals surface area contributed by atoms with Crippen LogP contribution in [0.25, 0.3) is 6.08 Å². The Kier molecular flexibility index (Phi) is 5.53. The molecule has 1 aliphatic rings. The van der Waals surface area contributed by atoms with Crippen LogP contribution in [0.15, 0.2) is 65.3 Å². The summed E-state index contributed by atoms with van der Waals surface area (Å²) in [6.07, 6.45) is 5.79. The van der Waals surface area contributed by atoms with Crippen LogP contribution in [0.5, 0.6) is 0 Å². The van der Waals surface area contributed by atoms with Gasteiger partial charge in [-0.2, -0.15) is 0 Å². The van der Waals surface area contributed by atoms with Crippen LogP contribution < -0.4 is 0 Å². The average Bonchev–Trinajstić information content (AvgIpc) is 2.68. The molecule has 0 amide bonds. The Balaban J connectivity index is 1.73. The molecule has 2 aromatic carbocycles. The Morgan fingerprint density at radius 1 is 1.04 bits per heavy atom. The predicted molar refractivity (Wildman–Crippen MR) is 98.8 cm³/mol. The molecule has 1 saturated carbocycles. The maximum absolute atomic E-state index is 12.1. The highest BCUT2D eigenvalue weighted by Gasteiger charge is 2.16. The van der Waals surface area contributed by atoms with E-state index in [0.717, 1.165) is 42.5 Å². The molecule has 0 N–H and O–H groups in total. The first-order chi connectivity index (χ1) is 12.6. The van der Waals surface area contributed by atoms with Crippen molar-refractivity contribution in [3.63, 3.8) is 0 Å². The molecule has 0 heterocycles. The number of nitrogens with zero attached hydrogens (tertiary/aromatic N) is 2. The summed E-state index contributed by atoms with van der Waals surface area (Å²) in [6.45, 7) is 0. The van der Waals surface area contributed by atoms with E-state index in [4.69, 9.17) is 4.84 Å². The summed E-state index contributed by atoms with van der Waals surface area (Å²) in [4.78, 5) is 27.3. The summed E-state index contributed by atoms with van der Waals surface area (Å²) in [6, 6.07) is 15.2. The summed E-state index contributed by atoms with van der Waals surface area (Å²) >= 11 is 0. The van der Waals surface area contributed by atoms with Crippen LogP contribution in [0.4, 0.5) is 5.69 Å². The van der Waals surface area contributed by atoms with Crippen molar-refractivity contribution in [3.05, 3.63) is 81.4 Å². The zero-order valence-corrected chi connectivity index (χ0v) is 14.1. The largest absolute Gasteiger partial charge is 0.365 e. The number of carbonyl (C=O) groups excluding carboxylic acids is 1. The molecule has 0 unspecified atom stereocenters. The number of hydrogen-bond acceptors (Lipinski definition) is 5. The van der Waals surface area contributed by atoms with Crippen molar-refractivity contribution in [3.8, 4) is 0 Å². The van der Waals surface area contributed by atoms with E-state index in [1.807, 2.05) is 30.3 Å². The smallest absolute Gasteiger partial charge is 0.313 e. The van der Waals surface area contributed by atoms with Crippen LogP contribution in [0.1, 0.15) is 41.6 Å². The van der Waals surface area contributed by atoms with Gasteiger partial charge in [0.25, 0.3) is 5.69 Å². The highest BCUT2D eigenvalue weighted by Crippen LogP contribution is 2.24. The van der Waals surface area contributed by atoms with Gasteiger partial charge < -0.3 is 4.84 Å². The molecule has 3 rings (SSSR count). The van der Waals surface area contributed by atoms with Gasteiger partial charge in [0.1, 0.15) is 0 Å². The van der Waals surface area contributed by atoms with Crippen molar-refractivity contribution in [2.45, 2.75) is 25.7 Å². The van der Waals surface area contributed by atoms with E-state index in [0.29, 0.717) is 0 Å². The van der Waals surface area contributed by atoms with Gasteiger partial charge >= 0.3 is 5.97 Å². The molecule has 0 atom stereocenters. The zero-order chi connectivity index (χ0) is 18.4. The van der Waals surface area contributed by atoms with Gasteiger partial charge in [0.05, 0.1) is 16.2 Å². The third kappa shape index (κ3) is 4.42. The molecule has 0 radical (unpaired) electrons. The van der Waals surface area contributed by atoms with Gasteiger partial charge in [-0.1, -0.05) is 35.5 Å². The minimum absolute atomic E-state index is 0.0757. The first-order valence-electron chi connectivity index (χ1n) is 8.42. The lowest BCUT2D eigenvalue weighted by atomic mass is 9.91. The highest BCUT2D eigenvalue weighted by molar-refractivity contribution is 6.04. The van der Waals surface area contributed by atoms with E-state index in [1.54, 1.807) is 0 Å². The number of nitro groups is 1. The number of nitro benzene ring substituents is 1. The molecule has 1 fully saturated rings. The third-order valence-electron chi connectivity index (χ3n) is 4.17. The SMILES string of the molecule is O=C(O/N=C1\CCCC\C1=C\c1ccccc1)c1ccc([N+](=O)[O-])cc1. The van der Waals surface area contributed by atoms with Crippen LogP contribution in [0.3, 0.4) is 0 Å². The monoisotopic (exact) mass is 350 g/mol. The molecule has 0 saturated heterocycles. The summed E-state index contributed by atoms with van der Waals surface area (Å²) in [5.41, 5.74) is 3.07. The highest BCUT2D eigenvalue weighted by atomic mass is 16.7. The number of carbonyl (C=O) groups is 1. The number of allylic oxidation sites excluding steroid dienone is 1. The number of oxime groups is 1. The molecule has 1 aliphatic carbocycles. The molecule has 6 heteroatoms. The van der Waals surface area contributed by atoms with Crippen molar-refractivity contribution >= 4 is 23.4 Å². The van der Waals surface area contributed by atoms with E-state index in [1.165, 1.54) is 24.3 Å². The Bertz CT molecular complexity index is 855. The van der Waals surface area contributed by atoms with Gasteiger partial charge in [-0.25, -0.2) is 4.79 Å². The number of rotatable bonds is 4. The van der Waals surface area contributed by atoms with Crippen molar-refractivity contribution in [1.29, 1.82) is 0 Å². The molecule has 0 aliphatic heterocycles. The standard InChI is InChI=1S/C20H18N2O4/c23-20(16-10-12-18(13-11-16)22(24)25)26-21-19-9-5-4-8-17(19)14-15-6-2-1-3-7-15/h1-3,6-7,10-14H,4-5,8-9H2/b17-14-,21-19+. The molecular formula is C20H18N2O4. The summed E-state index contributed by atoms with van der Waals surface area (Å²) in [7, 11) is 0. The Morgan fingerprint density at radius 3 is 2.42 bits per heavy atom. The molecular weight excluding hydrogens is 332 g/mol. The van der Waals surface area contributed by atoms with Crippen molar-refractivity contribution < 1.29 is 14.6 Å². The molecule has 26 heavy (non-hydrogen) atoms. The molecule has 6 nitrogen and oxygen atoms in total. The summed E-state index contributed by atoms with van der Waals surface area (Å²) < 4.78 is 0. The lowest BCUT2D eigenvalue weighted by molar-refractivity contribution is -0.384. The second-order valence-electron chi connectivity index (χ2n) is 6.01. The predicted octanol–water partition coefficient (Wildman–Crippen LogP) is 4.77. The fourth-order valence-electron chi connectivity index (χ4n) is 2.79. The normalized spacial score (nSPS) is 17.2.